The Morgan fingerprint density at radius 2 is 2.10 bits per heavy atom. The molecule has 0 radical (unpaired) electrons. The zero-order chi connectivity index (χ0) is 15.6. The predicted octanol–water partition coefficient (Wildman–Crippen LogP) is 1.62. The highest BCUT2D eigenvalue weighted by atomic mass is 32.2. The molecule has 1 aromatic carbocycles. The number of nitro groups is 1. The molecule has 0 aliphatic rings. The molecular formula is C12H11N3O5S. The normalized spacial score (nSPS) is 11.4. The van der Waals surface area contributed by atoms with Crippen molar-refractivity contribution in [1.82, 2.24) is 4.98 Å². The van der Waals surface area contributed by atoms with Crippen molar-refractivity contribution in [2.45, 2.75) is 5.03 Å². The number of hydrogen-bond acceptors (Lipinski definition) is 7. The van der Waals surface area contributed by atoms with Gasteiger partial charge in [0.15, 0.2) is 5.69 Å². The minimum absolute atomic E-state index is 0.138. The molecule has 8 nitrogen and oxygen atoms in total. The molecule has 9 heteroatoms. The number of pyridine rings is 1. The Balaban J connectivity index is 2.80. The van der Waals surface area contributed by atoms with E-state index in [-0.39, 0.29) is 17.5 Å². The third-order valence-electron chi connectivity index (χ3n) is 2.63. The predicted molar refractivity (Wildman–Crippen MR) is 76.1 cm³/mol. The monoisotopic (exact) mass is 309 g/mol. The molecule has 0 aliphatic heterocycles. The van der Waals surface area contributed by atoms with E-state index in [1.165, 1.54) is 18.2 Å². The SMILES string of the molecule is C=CCOS(=O)(=O)c1nc2ccccc2c([N+](=O)[O-])c1N. The molecule has 1 heterocycles. The van der Waals surface area contributed by atoms with Crippen LogP contribution >= 0.6 is 0 Å². The molecule has 0 unspecified atom stereocenters. The van der Waals surface area contributed by atoms with Crippen LogP contribution in [0.15, 0.2) is 41.9 Å². The van der Waals surface area contributed by atoms with Crippen molar-refractivity contribution in [2.75, 3.05) is 12.3 Å². The molecule has 0 fully saturated rings. The van der Waals surface area contributed by atoms with Crippen LogP contribution in [0.1, 0.15) is 0 Å². The first-order valence-corrected chi connectivity index (χ1v) is 7.12. The highest BCUT2D eigenvalue weighted by molar-refractivity contribution is 7.86. The maximum Gasteiger partial charge on any atom is 0.317 e. The molecule has 0 aliphatic carbocycles. The van der Waals surface area contributed by atoms with E-state index >= 15 is 0 Å². The number of nitrogens with zero attached hydrogens (tertiary/aromatic N) is 2. The largest absolute Gasteiger partial charge is 0.391 e. The van der Waals surface area contributed by atoms with Gasteiger partial charge in [0, 0.05) is 0 Å². The van der Waals surface area contributed by atoms with E-state index in [9.17, 15) is 18.5 Å². The summed E-state index contributed by atoms with van der Waals surface area (Å²) in [5.74, 6) is 0. The highest BCUT2D eigenvalue weighted by Gasteiger charge is 2.29. The Bertz CT molecular complexity index is 832. The zero-order valence-corrected chi connectivity index (χ0v) is 11.5. The van der Waals surface area contributed by atoms with E-state index in [2.05, 4.69) is 15.7 Å². The topological polar surface area (TPSA) is 125 Å². The average molecular weight is 309 g/mol. The zero-order valence-electron chi connectivity index (χ0n) is 10.7. The van der Waals surface area contributed by atoms with Crippen LogP contribution < -0.4 is 5.73 Å². The molecule has 2 N–H and O–H groups in total. The third-order valence-corrected chi connectivity index (χ3v) is 3.86. The first kappa shape index (κ1) is 14.9. The van der Waals surface area contributed by atoms with Gasteiger partial charge in [-0.1, -0.05) is 18.2 Å². The Morgan fingerprint density at radius 3 is 2.71 bits per heavy atom. The Labute approximate surface area is 120 Å². The quantitative estimate of drug-likeness (QED) is 0.385. The Morgan fingerprint density at radius 1 is 1.43 bits per heavy atom. The molecule has 21 heavy (non-hydrogen) atoms. The van der Waals surface area contributed by atoms with Gasteiger partial charge in [0.05, 0.1) is 22.4 Å². The number of fused-ring (bicyclic) bond motifs is 1. The summed E-state index contributed by atoms with van der Waals surface area (Å²) in [6, 6.07) is 6.04. The molecule has 1 aromatic heterocycles. The van der Waals surface area contributed by atoms with E-state index in [4.69, 9.17) is 5.73 Å². The summed E-state index contributed by atoms with van der Waals surface area (Å²) in [6.07, 6.45) is 1.23. The Hall–Kier alpha value is -2.52. The number of nitrogens with two attached hydrogens (primary N) is 1. The van der Waals surface area contributed by atoms with Gasteiger partial charge in [-0.2, -0.15) is 8.42 Å². The lowest BCUT2D eigenvalue weighted by atomic mass is 10.2. The van der Waals surface area contributed by atoms with Gasteiger partial charge in [-0.25, -0.2) is 4.98 Å². The van der Waals surface area contributed by atoms with E-state index in [1.807, 2.05) is 0 Å². The van der Waals surface area contributed by atoms with Crippen LogP contribution in [-0.4, -0.2) is 24.9 Å². The van der Waals surface area contributed by atoms with Gasteiger partial charge < -0.3 is 5.73 Å². The van der Waals surface area contributed by atoms with Gasteiger partial charge in [0.25, 0.3) is 0 Å². The van der Waals surface area contributed by atoms with Crippen LogP contribution in [0.5, 0.6) is 0 Å². The van der Waals surface area contributed by atoms with Crippen LogP contribution in [0, 0.1) is 10.1 Å². The van der Waals surface area contributed by atoms with Gasteiger partial charge >= 0.3 is 15.8 Å². The maximum atomic E-state index is 12.0. The molecule has 2 aromatic rings. The molecule has 0 spiro atoms. The highest BCUT2D eigenvalue weighted by Crippen LogP contribution is 2.35. The Kier molecular flexibility index (Phi) is 3.87. The number of nitrogen functional groups attached to an aromatic ring is 1. The number of hydrogen-bond donors (Lipinski definition) is 1. The number of rotatable bonds is 5. The van der Waals surface area contributed by atoms with Crippen LogP contribution in [-0.2, 0) is 14.3 Å². The van der Waals surface area contributed by atoms with Gasteiger partial charge in [0.1, 0.15) is 0 Å². The molecule has 2 rings (SSSR count). The van der Waals surface area contributed by atoms with Crippen molar-refractivity contribution < 1.29 is 17.5 Å². The smallest absolute Gasteiger partial charge is 0.317 e. The second-order valence-corrected chi connectivity index (χ2v) is 5.51. The van der Waals surface area contributed by atoms with Crippen LogP contribution in [0.2, 0.25) is 0 Å². The van der Waals surface area contributed by atoms with Crippen molar-refractivity contribution in [3.05, 3.63) is 47.0 Å². The lowest BCUT2D eigenvalue weighted by Crippen LogP contribution is -2.13. The van der Waals surface area contributed by atoms with Gasteiger partial charge in [-0.3, -0.25) is 14.3 Å². The molecule has 0 saturated heterocycles. The van der Waals surface area contributed by atoms with Crippen molar-refractivity contribution in [1.29, 1.82) is 0 Å². The second kappa shape index (κ2) is 5.46. The fourth-order valence-corrected chi connectivity index (χ4v) is 2.73. The number of benzene rings is 1. The summed E-state index contributed by atoms with van der Waals surface area (Å²) in [6.45, 7) is 3.04. The van der Waals surface area contributed by atoms with Gasteiger partial charge in [-0.05, 0) is 12.1 Å². The standard InChI is InChI=1S/C12H11N3O5S/c1-2-7-20-21(18,19)12-10(13)11(15(16)17)8-5-3-4-6-9(8)14-12/h2-6H,1,7,13H2. The summed E-state index contributed by atoms with van der Waals surface area (Å²) in [5.41, 5.74) is 4.69. The summed E-state index contributed by atoms with van der Waals surface area (Å²) in [5, 5.41) is 10.7. The molecule has 0 saturated carbocycles. The fourth-order valence-electron chi connectivity index (χ4n) is 1.77. The second-order valence-electron chi connectivity index (χ2n) is 3.98. The lowest BCUT2D eigenvalue weighted by molar-refractivity contribution is -0.382. The van der Waals surface area contributed by atoms with Crippen molar-refractivity contribution in [3.63, 3.8) is 0 Å². The first-order chi connectivity index (χ1) is 9.88. The average Bonchev–Trinajstić information content (AvgIpc) is 2.43. The van der Waals surface area contributed by atoms with E-state index < -0.39 is 31.4 Å². The summed E-state index contributed by atoms with van der Waals surface area (Å²) >= 11 is 0. The minimum Gasteiger partial charge on any atom is -0.391 e. The summed E-state index contributed by atoms with van der Waals surface area (Å²) in [7, 11) is -4.31. The van der Waals surface area contributed by atoms with Crippen LogP contribution in [0.4, 0.5) is 11.4 Å². The van der Waals surface area contributed by atoms with E-state index in [0.717, 1.165) is 0 Å². The van der Waals surface area contributed by atoms with Gasteiger partial charge in [-0.15, -0.1) is 6.58 Å². The molecule has 0 bridgehead atoms. The lowest BCUT2D eigenvalue weighted by Gasteiger charge is -2.08. The van der Waals surface area contributed by atoms with Crippen LogP contribution in [0.3, 0.4) is 0 Å². The van der Waals surface area contributed by atoms with Crippen molar-refractivity contribution >= 4 is 32.4 Å². The fraction of sp³-hybridized carbons (Fsp3) is 0.0833. The van der Waals surface area contributed by atoms with E-state index in [0.29, 0.717) is 0 Å². The van der Waals surface area contributed by atoms with Crippen molar-refractivity contribution in [3.8, 4) is 0 Å². The minimum atomic E-state index is -4.31. The molecule has 0 atom stereocenters. The molecular weight excluding hydrogens is 298 g/mol. The summed E-state index contributed by atoms with van der Waals surface area (Å²) in [4.78, 5) is 14.3. The third kappa shape index (κ3) is 2.69. The van der Waals surface area contributed by atoms with Crippen LogP contribution in [0.25, 0.3) is 10.9 Å². The number of aromatic nitrogens is 1. The van der Waals surface area contributed by atoms with E-state index in [1.54, 1.807) is 12.1 Å². The molecule has 110 valence electrons. The maximum absolute atomic E-state index is 12.0. The molecule has 0 amide bonds. The first-order valence-electron chi connectivity index (χ1n) is 5.71. The van der Waals surface area contributed by atoms with Crippen molar-refractivity contribution in [2.24, 2.45) is 0 Å². The number of para-hydroxylation sites is 1. The van der Waals surface area contributed by atoms with Gasteiger partial charge in [0.2, 0.25) is 5.03 Å². The summed E-state index contributed by atoms with van der Waals surface area (Å²) < 4.78 is 28.6. The number of anilines is 1.